The number of nitrogens with zero attached hydrogens (tertiary/aromatic N) is 2. The number of urea groups is 1. The van der Waals surface area contributed by atoms with Crippen molar-refractivity contribution in [1.29, 1.82) is 0 Å². The summed E-state index contributed by atoms with van der Waals surface area (Å²) in [6.07, 6.45) is 4.32. The van der Waals surface area contributed by atoms with Gasteiger partial charge in [-0.2, -0.15) is 4.31 Å². The number of anilines is 1. The van der Waals surface area contributed by atoms with Crippen molar-refractivity contribution >= 4 is 21.7 Å². The Morgan fingerprint density at radius 3 is 2.52 bits per heavy atom. The van der Waals surface area contributed by atoms with E-state index in [0.29, 0.717) is 43.4 Å². The molecule has 0 saturated carbocycles. The first-order valence-electron chi connectivity index (χ1n) is 11.2. The number of hydrogen-bond donors (Lipinski definition) is 1. The SMILES string of the molecule is CCCNC(=O)N1CCc2cc(S(=O)(=O)N3CCC(Cc4ccccc4)CC3)ccc21. The van der Waals surface area contributed by atoms with Crippen LogP contribution in [0.4, 0.5) is 10.5 Å². The molecule has 0 unspecified atom stereocenters. The molecule has 2 aromatic carbocycles. The van der Waals surface area contributed by atoms with Gasteiger partial charge in [-0.15, -0.1) is 0 Å². The van der Waals surface area contributed by atoms with E-state index in [1.807, 2.05) is 13.0 Å². The van der Waals surface area contributed by atoms with Crippen molar-refractivity contribution in [1.82, 2.24) is 9.62 Å². The van der Waals surface area contributed by atoms with Gasteiger partial charge in [0.05, 0.1) is 4.90 Å². The maximum absolute atomic E-state index is 13.2. The predicted octanol–water partition coefficient (Wildman–Crippen LogP) is 3.81. The number of carbonyl (C=O) groups is 1. The minimum absolute atomic E-state index is 0.114. The molecule has 2 aliphatic heterocycles. The van der Waals surface area contributed by atoms with Crippen molar-refractivity contribution in [3.63, 3.8) is 0 Å². The van der Waals surface area contributed by atoms with Gasteiger partial charge in [-0.25, -0.2) is 13.2 Å². The molecule has 2 aliphatic rings. The first kappa shape index (κ1) is 21.8. The van der Waals surface area contributed by atoms with Crippen LogP contribution >= 0.6 is 0 Å². The largest absolute Gasteiger partial charge is 0.338 e. The molecule has 2 amide bonds. The van der Waals surface area contributed by atoms with E-state index in [9.17, 15) is 13.2 Å². The monoisotopic (exact) mass is 441 g/mol. The van der Waals surface area contributed by atoms with Crippen LogP contribution in [0.15, 0.2) is 53.4 Å². The van der Waals surface area contributed by atoms with Crippen LogP contribution in [-0.4, -0.2) is 44.9 Å². The van der Waals surface area contributed by atoms with Crippen LogP contribution in [0.2, 0.25) is 0 Å². The molecule has 1 fully saturated rings. The Labute approximate surface area is 185 Å². The third-order valence-corrected chi connectivity index (χ3v) is 8.19. The standard InChI is InChI=1S/C24H31N3O3S/c1-2-13-25-24(28)27-16-12-21-18-22(8-9-23(21)27)31(29,30)26-14-10-20(11-15-26)17-19-6-4-3-5-7-19/h3-9,18,20H,2,10-17H2,1H3,(H,25,28). The van der Waals surface area contributed by atoms with E-state index in [1.165, 1.54) is 5.56 Å². The summed E-state index contributed by atoms with van der Waals surface area (Å²) in [5.41, 5.74) is 3.05. The molecule has 0 atom stereocenters. The Morgan fingerprint density at radius 1 is 1.06 bits per heavy atom. The minimum Gasteiger partial charge on any atom is -0.338 e. The number of amides is 2. The lowest BCUT2D eigenvalue weighted by molar-refractivity contribution is 0.247. The van der Waals surface area contributed by atoms with Gasteiger partial charge in [0, 0.05) is 31.9 Å². The van der Waals surface area contributed by atoms with Gasteiger partial charge in [-0.05, 0) is 67.3 Å². The van der Waals surface area contributed by atoms with Crippen LogP contribution in [0.1, 0.15) is 37.3 Å². The van der Waals surface area contributed by atoms with Gasteiger partial charge < -0.3 is 5.32 Å². The second kappa shape index (κ2) is 9.40. The lowest BCUT2D eigenvalue weighted by Gasteiger charge is -2.31. The van der Waals surface area contributed by atoms with Gasteiger partial charge in [0.1, 0.15) is 0 Å². The second-order valence-electron chi connectivity index (χ2n) is 8.46. The molecule has 0 spiro atoms. The first-order chi connectivity index (χ1) is 15.0. The Bertz CT molecular complexity index is 1020. The molecule has 0 radical (unpaired) electrons. The zero-order chi connectivity index (χ0) is 21.8. The average molecular weight is 442 g/mol. The zero-order valence-corrected chi connectivity index (χ0v) is 18.9. The van der Waals surface area contributed by atoms with Crippen molar-refractivity contribution in [2.24, 2.45) is 5.92 Å². The van der Waals surface area contributed by atoms with Crippen molar-refractivity contribution in [2.75, 3.05) is 31.1 Å². The van der Waals surface area contributed by atoms with Crippen LogP contribution in [0.5, 0.6) is 0 Å². The molecule has 6 nitrogen and oxygen atoms in total. The van der Waals surface area contributed by atoms with Crippen molar-refractivity contribution in [3.8, 4) is 0 Å². The summed E-state index contributed by atoms with van der Waals surface area (Å²) in [7, 11) is -3.52. The molecule has 0 aliphatic carbocycles. The lowest BCUT2D eigenvalue weighted by atomic mass is 9.91. The summed E-state index contributed by atoms with van der Waals surface area (Å²) in [5, 5.41) is 2.89. The highest BCUT2D eigenvalue weighted by Crippen LogP contribution is 2.32. The molecule has 1 N–H and O–H groups in total. The summed E-state index contributed by atoms with van der Waals surface area (Å²) in [4.78, 5) is 14.4. The quantitative estimate of drug-likeness (QED) is 0.741. The summed E-state index contributed by atoms with van der Waals surface area (Å²) in [6.45, 7) is 4.35. The molecular formula is C24H31N3O3S. The normalized spacial score (nSPS) is 17.5. The van der Waals surface area contributed by atoms with Crippen LogP contribution in [0.3, 0.4) is 0 Å². The number of benzene rings is 2. The Morgan fingerprint density at radius 2 is 1.81 bits per heavy atom. The highest BCUT2D eigenvalue weighted by molar-refractivity contribution is 7.89. The second-order valence-corrected chi connectivity index (χ2v) is 10.4. The molecule has 1 saturated heterocycles. The molecule has 4 rings (SSSR count). The fraction of sp³-hybridized carbons (Fsp3) is 0.458. The van der Waals surface area contributed by atoms with E-state index < -0.39 is 10.0 Å². The van der Waals surface area contributed by atoms with Gasteiger partial charge in [0.2, 0.25) is 10.0 Å². The molecule has 7 heteroatoms. The molecule has 2 aromatic rings. The number of hydrogen-bond acceptors (Lipinski definition) is 3. The summed E-state index contributed by atoms with van der Waals surface area (Å²) in [5.74, 6) is 0.518. The van der Waals surface area contributed by atoms with Crippen LogP contribution in [0, 0.1) is 5.92 Å². The summed E-state index contributed by atoms with van der Waals surface area (Å²) >= 11 is 0. The molecule has 0 bridgehead atoms. The number of rotatable bonds is 6. The number of fused-ring (bicyclic) bond motifs is 1. The predicted molar refractivity (Wildman–Crippen MR) is 123 cm³/mol. The highest BCUT2D eigenvalue weighted by atomic mass is 32.2. The third kappa shape index (κ3) is 4.77. The zero-order valence-electron chi connectivity index (χ0n) is 18.1. The minimum atomic E-state index is -3.52. The Kier molecular flexibility index (Phi) is 6.62. The summed E-state index contributed by atoms with van der Waals surface area (Å²) in [6, 6.07) is 15.5. The Balaban J connectivity index is 1.41. The van der Waals surface area contributed by atoms with Crippen molar-refractivity contribution in [3.05, 3.63) is 59.7 Å². The van der Waals surface area contributed by atoms with Crippen LogP contribution in [-0.2, 0) is 22.9 Å². The maximum Gasteiger partial charge on any atom is 0.321 e. The molecule has 31 heavy (non-hydrogen) atoms. The van der Waals surface area contributed by atoms with E-state index in [-0.39, 0.29) is 6.03 Å². The van der Waals surface area contributed by atoms with Gasteiger partial charge in [0.25, 0.3) is 0 Å². The summed E-state index contributed by atoms with van der Waals surface area (Å²) < 4.78 is 28.1. The van der Waals surface area contributed by atoms with Crippen LogP contribution in [0.25, 0.3) is 0 Å². The van der Waals surface area contributed by atoms with E-state index in [4.69, 9.17) is 0 Å². The third-order valence-electron chi connectivity index (χ3n) is 6.30. The molecule has 0 aromatic heterocycles. The average Bonchev–Trinajstić information content (AvgIpc) is 3.22. The van der Waals surface area contributed by atoms with Crippen molar-refractivity contribution in [2.45, 2.75) is 43.9 Å². The fourth-order valence-electron chi connectivity index (χ4n) is 4.53. The van der Waals surface area contributed by atoms with Gasteiger partial charge in [-0.1, -0.05) is 37.3 Å². The van der Waals surface area contributed by atoms with Crippen molar-refractivity contribution < 1.29 is 13.2 Å². The number of sulfonamides is 1. The van der Waals surface area contributed by atoms with E-state index >= 15 is 0 Å². The highest BCUT2D eigenvalue weighted by Gasteiger charge is 2.31. The van der Waals surface area contributed by atoms with Crippen LogP contribution < -0.4 is 10.2 Å². The van der Waals surface area contributed by atoms with E-state index in [1.54, 1.807) is 27.4 Å². The van der Waals surface area contributed by atoms with Gasteiger partial charge in [0.15, 0.2) is 0 Å². The molecule has 166 valence electrons. The van der Waals surface area contributed by atoms with Gasteiger partial charge in [-0.3, -0.25) is 4.90 Å². The number of piperidine rings is 1. The lowest BCUT2D eigenvalue weighted by Crippen LogP contribution is -2.39. The molecule has 2 heterocycles. The number of carbonyl (C=O) groups excluding carboxylic acids is 1. The topological polar surface area (TPSA) is 69.7 Å². The molecular weight excluding hydrogens is 410 g/mol. The van der Waals surface area contributed by atoms with Gasteiger partial charge >= 0.3 is 6.03 Å². The maximum atomic E-state index is 13.2. The number of nitrogens with one attached hydrogen (secondary N) is 1. The van der Waals surface area contributed by atoms with E-state index in [0.717, 1.165) is 36.9 Å². The first-order valence-corrected chi connectivity index (χ1v) is 12.7. The fourth-order valence-corrected chi connectivity index (χ4v) is 6.05. The van der Waals surface area contributed by atoms with E-state index in [2.05, 4.69) is 29.6 Å². The Hall–Kier alpha value is -2.38. The smallest absolute Gasteiger partial charge is 0.321 e.